The highest BCUT2D eigenvalue weighted by Crippen LogP contribution is 2.22. The van der Waals surface area contributed by atoms with Crippen molar-refractivity contribution in [2.24, 2.45) is 5.10 Å². The second kappa shape index (κ2) is 3.21. The molecule has 0 saturated heterocycles. The molecule has 0 aliphatic carbocycles. The van der Waals surface area contributed by atoms with Gasteiger partial charge in [0.2, 0.25) is 5.90 Å². The minimum Gasteiger partial charge on any atom is -0.471 e. The summed E-state index contributed by atoms with van der Waals surface area (Å²) in [7, 11) is 3.73. The van der Waals surface area contributed by atoms with Gasteiger partial charge in [-0.2, -0.15) is 0 Å². The maximum absolute atomic E-state index is 5.67. The normalized spacial score (nSPS) is 16.6. The standard InChI is InChI=1S/C10H13N3O/c1-13(2)12-10-9-4-3-8(11)5-7(9)6-14-10/h3-5H,6,11H2,1-2H3/b12-10-. The fraction of sp³-hybridized carbons (Fsp3) is 0.300. The molecule has 2 rings (SSSR count). The number of benzene rings is 1. The molecule has 0 spiro atoms. The fourth-order valence-corrected chi connectivity index (χ4v) is 1.43. The molecule has 1 aliphatic rings. The zero-order chi connectivity index (χ0) is 10.1. The average Bonchev–Trinajstić information content (AvgIpc) is 2.47. The highest BCUT2D eigenvalue weighted by atomic mass is 16.5. The van der Waals surface area contributed by atoms with Crippen molar-refractivity contribution in [2.75, 3.05) is 19.8 Å². The van der Waals surface area contributed by atoms with Gasteiger partial charge >= 0.3 is 0 Å². The lowest BCUT2D eigenvalue weighted by atomic mass is 10.1. The van der Waals surface area contributed by atoms with Crippen LogP contribution < -0.4 is 5.73 Å². The second-order valence-electron chi connectivity index (χ2n) is 3.46. The molecule has 0 fully saturated rings. The summed E-state index contributed by atoms with van der Waals surface area (Å²) < 4.78 is 5.44. The number of ether oxygens (including phenoxy) is 1. The number of nitrogens with zero attached hydrogens (tertiary/aromatic N) is 2. The van der Waals surface area contributed by atoms with Crippen LogP contribution in [0.25, 0.3) is 0 Å². The molecule has 1 aromatic rings. The molecule has 0 unspecified atom stereocenters. The summed E-state index contributed by atoms with van der Waals surface area (Å²) in [4.78, 5) is 0. The van der Waals surface area contributed by atoms with Crippen molar-refractivity contribution in [3.63, 3.8) is 0 Å². The number of anilines is 1. The van der Waals surface area contributed by atoms with Gasteiger partial charge in [-0.05, 0) is 18.2 Å². The first-order chi connectivity index (χ1) is 6.66. The Bertz CT molecular complexity index is 385. The Morgan fingerprint density at radius 3 is 2.93 bits per heavy atom. The van der Waals surface area contributed by atoms with Gasteiger partial charge in [0.25, 0.3) is 0 Å². The Morgan fingerprint density at radius 2 is 2.21 bits per heavy atom. The van der Waals surface area contributed by atoms with E-state index in [-0.39, 0.29) is 0 Å². The van der Waals surface area contributed by atoms with Gasteiger partial charge in [0, 0.05) is 30.9 Å². The quantitative estimate of drug-likeness (QED) is 0.532. The van der Waals surface area contributed by atoms with E-state index in [2.05, 4.69) is 5.10 Å². The Balaban J connectivity index is 2.40. The molecule has 0 saturated carbocycles. The second-order valence-corrected chi connectivity index (χ2v) is 3.46. The van der Waals surface area contributed by atoms with E-state index in [0.29, 0.717) is 12.5 Å². The van der Waals surface area contributed by atoms with Crippen LogP contribution in [0.5, 0.6) is 0 Å². The van der Waals surface area contributed by atoms with Gasteiger partial charge in [-0.1, -0.05) is 0 Å². The molecule has 1 aliphatic heterocycles. The molecule has 1 aromatic carbocycles. The van der Waals surface area contributed by atoms with E-state index in [1.807, 2.05) is 32.3 Å². The topological polar surface area (TPSA) is 50.8 Å². The zero-order valence-corrected chi connectivity index (χ0v) is 8.32. The zero-order valence-electron chi connectivity index (χ0n) is 8.32. The van der Waals surface area contributed by atoms with Crippen LogP contribution >= 0.6 is 0 Å². The molecule has 2 N–H and O–H groups in total. The summed E-state index contributed by atoms with van der Waals surface area (Å²) in [5.74, 6) is 0.671. The molecule has 1 heterocycles. The molecule has 0 bridgehead atoms. The lowest BCUT2D eigenvalue weighted by Crippen LogP contribution is -2.08. The minimum absolute atomic E-state index is 0.563. The molecule has 74 valence electrons. The monoisotopic (exact) mass is 191 g/mol. The van der Waals surface area contributed by atoms with Gasteiger partial charge in [0.1, 0.15) is 6.61 Å². The van der Waals surface area contributed by atoms with Crippen LogP contribution in [-0.2, 0) is 11.3 Å². The van der Waals surface area contributed by atoms with Crippen molar-refractivity contribution >= 4 is 11.6 Å². The average molecular weight is 191 g/mol. The molecule has 0 radical (unpaired) electrons. The van der Waals surface area contributed by atoms with E-state index >= 15 is 0 Å². The van der Waals surface area contributed by atoms with Crippen molar-refractivity contribution < 1.29 is 4.74 Å². The summed E-state index contributed by atoms with van der Waals surface area (Å²) in [6.45, 7) is 0.563. The van der Waals surface area contributed by atoms with Crippen LogP contribution in [0.1, 0.15) is 11.1 Å². The van der Waals surface area contributed by atoms with Crippen molar-refractivity contribution in [3.8, 4) is 0 Å². The third-order valence-corrected chi connectivity index (χ3v) is 2.01. The number of nitrogens with two attached hydrogens (primary N) is 1. The molecule has 0 aromatic heterocycles. The van der Waals surface area contributed by atoms with Crippen molar-refractivity contribution in [1.82, 2.24) is 5.01 Å². The first-order valence-electron chi connectivity index (χ1n) is 4.44. The van der Waals surface area contributed by atoms with Crippen LogP contribution in [0.2, 0.25) is 0 Å². The van der Waals surface area contributed by atoms with Crippen LogP contribution in [0.15, 0.2) is 23.3 Å². The number of fused-ring (bicyclic) bond motifs is 1. The van der Waals surface area contributed by atoms with Crippen LogP contribution in [0.4, 0.5) is 5.69 Å². The number of nitrogen functional groups attached to an aromatic ring is 1. The number of hydrazone groups is 1. The van der Waals surface area contributed by atoms with Crippen LogP contribution in [0, 0.1) is 0 Å². The molecule has 14 heavy (non-hydrogen) atoms. The Hall–Kier alpha value is -1.71. The third-order valence-electron chi connectivity index (χ3n) is 2.01. The van der Waals surface area contributed by atoms with E-state index in [1.54, 1.807) is 5.01 Å². The summed E-state index contributed by atoms with van der Waals surface area (Å²) in [5, 5.41) is 5.96. The van der Waals surface area contributed by atoms with Gasteiger partial charge < -0.3 is 10.5 Å². The summed E-state index contributed by atoms with van der Waals surface area (Å²) in [6, 6.07) is 5.73. The van der Waals surface area contributed by atoms with E-state index < -0.39 is 0 Å². The summed E-state index contributed by atoms with van der Waals surface area (Å²) in [5.41, 5.74) is 8.57. The minimum atomic E-state index is 0.563. The Kier molecular flexibility index (Phi) is 2.04. The van der Waals surface area contributed by atoms with Gasteiger partial charge in [-0.3, -0.25) is 5.01 Å². The highest BCUT2D eigenvalue weighted by Gasteiger charge is 2.19. The predicted octanol–water partition coefficient (Wildman–Crippen LogP) is 1.02. The maximum Gasteiger partial charge on any atom is 0.238 e. The van der Waals surface area contributed by atoms with Gasteiger partial charge in [-0.15, -0.1) is 5.10 Å². The summed E-state index contributed by atoms with van der Waals surface area (Å²) >= 11 is 0. The molecule has 0 amide bonds. The van der Waals surface area contributed by atoms with E-state index in [0.717, 1.165) is 16.8 Å². The number of rotatable bonds is 1. The molecular formula is C10H13N3O. The fourth-order valence-electron chi connectivity index (χ4n) is 1.43. The molecule has 0 atom stereocenters. The van der Waals surface area contributed by atoms with Crippen molar-refractivity contribution in [2.45, 2.75) is 6.61 Å². The first-order valence-corrected chi connectivity index (χ1v) is 4.44. The van der Waals surface area contributed by atoms with Crippen molar-refractivity contribution in [3.05, 3.63) is 29.3 Å². The number of hydrogen-bond acceptors (Lipinski definition) is 4. The van der Waals surface area contributed by atoms with Crippen molar-refractivity contribution in [1.29, 1.82) is 0 Å². The van der Waals surface area contributed by atoms with E-state index in [9.17, 15) is 0 Å². The Labute approximate surface area is 83.0 Å². The maximum atomic E-state index is 5.67. The van der Waals surface area contributed by atoms with E-state index in [1.165, 1.54) is 0 Å². The highest BCUT2D eigenvalue weighted by molar-refractivity contribution is 5.97. The lowest BCUT2D eigenvalue weighted by Gasteiger charge is -2.05. The van der Waals surface area contributed by atoms with Gasteiger partial charge in [-0.25, -0.2) is 0 Å². The third kappa shape index (κ3) is 1.51. The Morgan fingerprint density at radius 1 is 1.43 bits per heavy atom. The molecule has 4 heteroatoms. The van der Waals surface area contributed by atoms with E-state index in [4.69, 9.17) is 10.5 Å². The van der Waals surface area contributed by atoms with Gasteiger partial charge in [0.15, 0.2) is 0 Å². The number of hydrogen-bond donors (Lipinski definition) is 1. The largest absolute Gasteiger partial charge is 0.471 e. The predicted molar refractivity (Wildman–Crippen MR) is 55.9 cm³/mol. The first kappa shape index (κ1) is 8.87. The smallest absolute Gasteiger partial charge is 0.238 e. The SMILES string of the molecule is CN(C)/N=C1\OCc2cc(N)ccc21. The molecule has 4 nitrogen and oxygen atoms in total. The lowest BCUT2D eigenvalue weighted by molar-refractivity contribution is 0.296. The van der Waals surface area contributed by atoms with Gasteiger partial charge in [0.05, 0.1) is 0 Å². The van der Waals surface area contributed by atoms with Crippen LogP contribution in [0.3, 0.4) is 0 Å². The summed E-state index contributed by atoms with van der Waals surface area (Å²) in [6.07, 6.45) is 0. The van der Waals surface area contributed by atoms with Crippen LogP contribution in [-0.4, -0.2) is 25.0 Å². The molecular weight excluding hydrogens is 178 g/mol.